The van der Waals surface area contributed by atoms with Gasteiger partial charge in [-0.25, -0.2) is 9.37 Å². The van der Waals surface area contributed by atoms with E-state index in [0.29, 0.717) is 17.2 Å². The van der Waals surface area contributed by atoms with Crippen LogP contribution in [-0.2, 0) is 4.79 Å². The van der Waals surface area contributed by atoms with E-state index in [4.69, 9.17) is 0 Å². The fourth-order valence-electron chi connectivity index (χ4n) is 3.07. The van der Waals surface area contributed by atoms with E-state index in [-0.39, 0.29) is 11.8 Å². The highest BCUT2D eigenvalue weighted by molar-refractivity contribution is 5.95. The predicted molar refractivity (Wildman–Crippen MR) is 101 cm³/mol. The van der Waals surface area contributed by atoms with Crippen LogP contribution in [0.2, 0.25) is 0 Å². The van der Waals surface area contributed by atoms with Gasteiger partial charge in [-0.2, -0.15) is 0 Å². The Kier molecular flexibility index (Phi) is 5.46. The number of aryl methyl sites for hydroxylation is 1. The minimum atomic E-state index is -0.407. The van der Waals surface area contributed by atoms with Gasteiger partial charge < -0.3 is 9.88 Å². The molecule has 0 saturated heterocycles. The number of hydrogen-bond donors (Lipinski definition) is 1. The lowest BCUT2D eigenvalue weighted by Crippen LogP contribution is -2.21. The molecule has 0 radical (unpaired) electrons. The van der Waals surface area contributed by atoms with Crippen LogP contribution < -0.4 is 5.32 Å². The minimum Gasteiger partial charge on any atom is -0.325 e. The molecule has 3 rings (SSSR count). The van der Waals surface area contributed by atoms with Crippen molar-refractivity contribution < 1.29 is 9.18 Å². The quantitative estimate of drug-likeness (QED) is 0.690. The summed E-state index contributed by atoms with van der Waals surface area (Å²) in [6.45, 7) is 3.86. The first-order chi connectivity index (χ1) is 12.6. The van der Waals surface area contributed by atoms with Crippen LogP contribution >= 0.6 is 0 Å². The number of imidazole rings is 1. The molecule has 1 amide bonds. The molecule has 1 atom stereocenters. The molecule has 0 saturated carbocycles. The Labute approximate surface area is 152 Å². The molecule has 0 aliphatic heterocycles. The van der Waals surface area contributed by atoms with E-state index >= 15 is 0 Å². The van der Waals surface area contributed by atoms with Crippen LogP contribution in [0, 0.1) is 12.7 Å². The summed E-state index contributed by atoms with van der Waals surface area (Å²) in [7, 11) is 0. The molecule has 4 nitrogen and oxygen atoms in total. The molecule has 1 N–H and O–H groups in total. The first kappa shape index (κ1) is 17.9. The SMILES string of the molecule is CCCC(C(=O)Nc1ccc(-n2ccnc2C)c(F)c1)c1ccccc1. The van der Waals surface area contributed by atoms with Crippen molar-refractivity contribution in [1.29, 1.82) is 0 Å². The van der Waals surface area contributed by atoms with E-state index in [0.717, 1.165) is 18.4 Å². The van der Waals surface area contributed by atoms with E-state index in [9.17, 15) is 9.18 Å². The van der Waals surface area contributed by atoms with Crippen molar-refractivity contribution in [2.45, 2.75) is 32.6 Å². The summed E-state index contributed by atoms with van der Waals surface area (Å²) in [4.78, 5) is 16.8. The van der Waals surface area contributed by atoms with Gasteiger partial charge in [0.25, 0.3) is 0 Å². The number of carbonyl (C=O) groups is 1. The fourth-order valence-corrected chi connectivity index (χ4v) is 3.07. The summed E-state index contributed by atoms with van der Waals surface area (Å²) >= 11 is 0. The van der Waals surface area contributed by atoms with Gasteiger partial charge >= 0.3 is 0 Å². The van der Waals surface area contributed by atoms with Crippen molar-refractivity contribution in [3.8, 4) is 5.69 Å². The molecular weight excluding hydrogens is 329 g/mol. The number of amides is 1. The monoisotopic (exact) mass is 351 g/mol. The van der Waals surface area contributed by atoms with E-state index in [1.165, 1.54) is 6.07 Å². The third kappa shape index (κ3) is 3.82. The highest BCUT2D eigenvalue weighted by Crippen LogP contribution is 2.25. The number of carbonyl (C=O) groups excluding carboxylic acids is 1. The van der Waals surface area contributed by atoms with Crippen LogP contribution in [0.1, 0.15) is 37.1 Å². The van der Waals surface area contributed by atoms with Crippen LogP contribution in [-0.4, -0.2) is 15.5 Å². The van der Waals surface area contributed by atoms with Crippen LogP contribution in [0.15, 0.2) is 60.9 Å². The van der Waals surface area contributed by atoms with Crippen molar-refractivity contribution >= 4 is 11.6 Å². The number of rotatable bonds is 6. The van der Waals surface area contributed by atoms with Gasteiger partial charge in [-0.1, -0.05) is 43.7 Å². The van der Waals surface area contributed by atoms with Crippen molar-refractivity contribution in [2.24, 2.45) is 0 Å². The van der Waals surface area contributed by atoms with Gasteiger partial charge in [0.05, 0.1) is 11.6 Å². The second-order valence-electron chi connectivity index (χ2n) is 6.25. The zero-order chi connectivity index (χ0) is 18.5. The van der Waals surface area contributed by atoms with E-state index < -0.39 is 5.82 Å². The Hall–Kier alpha value is -2.95. The lowest BCUT2D eigenvalue weighted by Gasteiger charge is -2.17. The summed E-state index contributed by atoms with van der Waals surface area (Å²) in [6.07, 6.45) is 4.96. The highest BCUT2D eigenvalue weighted by atomic mass is 19.1. The number of anilines is 1. The molecule has 1 heterocycles. The lowest BCUT2D eigenvalue weighted by atomic mass is 9.93. The van der Waals surface area contributed by atoms with Crippen molar-refractivity contribution in [3.63, 3.8) is 0 Å². The van der Waals surface area contributed by atoms with Crippen LogP contribution in [0.5, 0.6) is 0 Å². The van der Waals surface area contributed by atoms with Crippen LogP contribution in [0.4, 0.5) is 10.1 Å². The average Bonchev–Trinajstić information content (AvgIpc) is 3.06. The number of halogens is 1. The first-order valence-corrected chi connectivity index (χ1v) is 8.76. The smallest absolute Gasteiger partial charge is 0.231 e. The molecule has 1 aromatic heterocycles. The Morgan fingerprint density at radius 3 is 2.62 bits per heavy atom. The van der Waals surface area contributed by atoms with Gasteiger partial charge in [-0.05, 0) is 37.1 Å². The van der Waals surface area contributed by atoms with Gasteiger partial charge in [-0.3, -0.25) is 4.79 Å². The Bertz CT molecular complexity index is 889. The minimum absolute atomic E-state index is 0.121. The topological polar surface area (TPSA) is 46.9 Å². The summed E-state index contributed by atoms with van der Waals surface area (Å²) in [5.41, 5.74) is 1.83. The molecule has 0 fully saturated rings. The van der Waals surface area contributed by atoms with E-state index in [2.05, 4.69) is 10.3 Å². The lowest BCUT2D eigenvalue weighted by molar-refractivity contribution is -0.117. The van der Waals surface area contributed by atoms with Gasteiger partial charge in [0.1, 0.15) is 11.6 Å². The molecule has 2 aromatic carbocycles. The maximum atomic E-state index is 14.5. The van der Waals surface area contributed by atoms with Crippen molar-refractivity contribution in [3.05, 3.63) is 78.1 Å². The standard InChI is InChI=1S/C21H22FN3O/c1-3-7-18(16-8-5-4-6-9-16)21(26)24-17-10-11-20(19(22)14-17)25-13-12-23-15(25)2/h4-6,8-14,18H,3,7H2,1-2H3,(H,24,26). The second-order valence-corrected chi connectivity index (χ2v) is 6.25. The summed E-state index contributed by atoms with van der Waals surface area (Å²) in [6, 6.07) is 14.4. The van der Waals surface area contributed by atoms with Crippen LogP contribution in [0.3, 0.4) is 0 Å². The highest BCUT2D eigenvalue weighted by Gasteiger charge is 2.20. The molecule has 1 unspecified atom stereocenters. The van der Waals surface area contributed by atoms with Crippen molar-refractivity contribution in [1.82, 2.24) is 9.55 Å². The number of hydrogen-bond acceptors (Lipinski definition) is 2. The van der Waals surface area contributed by atoms with E-state index in [1.807, 2.05) is 44.2 Å². The molecule has 0 bridgehead atoms. The summed E-state index contributed by atoms with van der Waals surface area (Å²) in [5.74, 6) is -0.0766. The maximum absolute atomic E-state index is 14.5. The van der Waals surface area contributed by atoms with Crippen LogP contribution in [0.25, 0.3) is 5.69 Å². The molecule has 0 spiro atoms. The number of benzene rings is 2. The van der Waals surface area contributed by atoms with Gasteiger partial charge in [0, 0.05) is 18.1 Å². The number of nitrogens with zero attached hydrogens (tertiary/aromatic N) is 2. The summed E-state index contributed by atoms with van der Waals surface area (Å²) in [5, 5.41) is 2.85. The van der Waals surface area contributed by atoms with Gasteiger partial charge in [0.2, 0.25) is 5.91 Å². The van der Waals surface area contributed by atoms with Crippen molar-refractivity contribution in [2.75, 3.05) is 5.32 Å². The predicted octanol–water partition coefficient (Wildman–Crippen LogP) is 4.84. The second kappa shape index (κ2) is 7.95. The Morgan fingerprint density at radius 1 is 1.23 bits per heavy atom. The first-order valence-electron chi connectivity index (χ1n) is 8.76. The third-order valence-electron chi connectivity index (χ3n) is 4.40. The van der Waals surface area contributed by atoms with E-state index in [1.54, 1.807) is 29.1 Å². The molecular formula is C21H22FN3O. The zero-order valence-electron chi connectivity index (χ0n) is 14.9. The molecule has 134 valence electrons. The number of nitrogens with one attached hydrogen (secondary N) is 1. The van der Waals surface area contributed by atoms with Gasteiger partial charge in [-0.15, -0.1) is 0 Å². The normalized spacial score (nSPS) is 12.0. The van der Waals surface area contributed by atoms with Gasteiger partial charge in [0.15, 0.2) is 0 Å². The molecule has 3 aromatic rings. The Morgan fingerprint density at radius 2 is 2.00 bits per heavy atom. The molecule has 5 heteroatoms. The Balaban J connectivity index is 1.80. The number of aromatic nitrogens is 2. The largest absolute Gasteiger partial charge is 0.325 e. The fraction of sp³-hybridized carbons (Fsp3) is 0.238. The maximum Gasteiger partial charge on any atom is 0.231 e. The third-order valence-corrected chi connectivity index (χ3v) is 4.40. The summed E-state index contributed by atoms with van der Waals surface area (Å²) < 4.78 is 16.2. The average molecular weight is 351 g/mol. The molecule has 26 heavy (non-hydrogen) atoms. The zero-order valence-corrected chi connectivity index (χ0v) is 14.9. The molecule has 0 aliphatic rings. The molecule has 0 aliphatic carbocycles.